The Morgan fingerprint density at radius 2 is 1.64 bits per heavy atom. The topological polar surface area (TPSA) is 66.4 Å². The van der Waals surface area contributed by atoms with Gasteiger partial charge in [0.2, 0.25) is 5.91 Å². The summed E-state index contributed by atoms with van der Waals surface area (Å²) < 4.78 is 0. The monoisotopic (exact) mass is 255 g/mol. The quantitative estimate of drug-likeness (QED) is 0.370. The minimum atomic E-state index is -3.86. The smallest absolute Gasteiger partial charge is 0.832 e. The molecule has 0 aliphatic rings. The summed E-state index contributed by atoms with van der Waals surface area (Å²) in [5.41, 5.74) is 0. The molecule has 1 amide bonds. The molecular formula is C6H12NNa2O3PS. The van der Waals surface area contributed by atoms with Crippen molar-refractivity contribution in [2.45, 2.75) is 13.8 Å². The Morgan fingerprint density at radius 1 is 1.29 bits per heavy atom. The van der Waals surface area contributed by atoms with Gasteiger partial charge in [-0.2, -0.15) is 0 Å². The molecule has 0 rings (SSSR count). The first-order chi connectivity index (χ1) is 5.40. The standard InChI is InChI=1S/C6H14NO3PS.2Na/c1-3-7(4-2)6(8)5-11(9,10)12;;/h3-5H2,1-2H3,(H2,9,10,12);;/q;2*+1/p-2. The van der Waals surface area contributed by atoms with Crippen LogP contribution in [0, 0.1) is 0 Å². The third kappa shape index (κ3) is 10.6. The maximum atomic E-state index is 11.1. The fourth-order valence-electron chi connectivity index (χ4n) is 0.842. The fraction of sp³-hybridized carbons (Fsp3) is 0.833. The number of rotatable bonds is 4. The van der Waals surface area contributed by atoms with Gasteiger partial charge in [-0.15, -0.1) is 11.8 Å². The molecule has 0 saturated carbocycles. The molecule has 0 fully saturated rings. The normalized spacial score (nSPS) is 9.71. The van der Waals surface area contributed by atoms with E-state index >= 15 is 0 Å². The Morgan fingerprint density at radius 3 is 1.86 bits per heavy atom. The number of hydrogen-bond acceptors (Lipinski definition) is 4. The third-order valence-electron chi connectivity index (χ3n) is 1.45. The fourth-order valence-corrected chi connectivity index (χ4v) is 1.70. The van der Waals surface area contributed by atoms with Crippen LogP contribution in [0.25, 0.3) is 0 Å². The molecule has 0 spiro atoms. The molecule has 72 valence electrons. The molecule has 14 heavy (non-hydrogen) atoms. The van der Waals surface area contributed by atoms with Gasteiger partial charge in [0.1, 0.15) is 0 Å². The van der Waals surface area contributed by atoms with Crippen LogP contribution in [0.1, 0.15) is 13.8 Å². The van der Waals surface area contributed by atoms with E-state index in [0.717, 1.165) is 0 Å². The first kappa shape index (κ1) is 21.3. The second kappa shape index (κ2) is 10.2. The van der Waals surface area contributed by atoms with E-state index in [1.807, 2.05) is 0 Å². The Hall–Kier alpha value is 2.04. The van der Waals surface area contributed by atoms with Crippen LogP contribution in [0.3, 0.4) is 0 Å². The van der Waals surface area contributed by atoms with Crippen LogP contribution in [0.2, 0.25) is 0 Å². The van der Waals surface area contributed by atoms with Crippen LogP contribution in [0.15, 0.2) is 0 Å². The van der Waals surface area contributed by atoms with E-state index < -0.39 is 18.6 Å². The van der Waals surface area contributed by atoms with E-state index in [-0.39, 0.29) is 59.1 Å². The van der Waals surface area contributed by atoms with E-state index in [2.05, 4.69) is 11.8 Å². The van der Waals surface area contributed by atoms with E-state index in [0.29, 0.717) is 13.1 Å². The van der Waals surface area contributed by atoms with Crippen molar-refractivity contribution in [1.82, 2.24) is 4.90 Å². The van der Waals surface area contributed by atoms with Gasteiger partial charge in [-0.1, -0.05) is 0 Å². The van der Waals surface area contributed by atoms with Gasteiger partial charge in [0.15, 0.2) is 0 Å². The largest absolute Gasteiger partial charge is 1.00 e. The Bertz CT molecular complexity index is 207. The molecule has 0 N–H and O–H groups in total. The average molecular weight is 255 g/mol. The molecule has 0 aromatic carbocycles. The van der Waals surface area contributed by atoms with Crippen molar-refractivity contribution in [3.8, 4) is 0 Å². The van der Waals surface area contributed by atoms with Crippen LogP contribution in [0.4, 0.5) is 0 Å². The minimum Gasteiger partial charge on any atom is -0.832 e. The second-order valence-corrected chi connectivity index (χ2v) is 5.54. The Kier molecular flexibility index (Phi) is 15.6. The zero-order valence-electron chi connectivity index (χ0n) is 9.15. The van der Waals surface area contributed by atoms with Crippen LogP contribution in [-0.4, -0.2) is 30.1 Å². The maximum Gasteiger partial charge on any atom is 1.00 e. The van der Waals surface area contributed by atoms with Crippen LogP contribution in [0.5, 0.6) is 0 Å². The summed E-state index contributed by atoms with van der Waals surface area (Å²) in [6, 6.07) is 0. The Balaban J connectivity index is -0.000000605. The van der Waals surface area contributed by atoms with Crippen LogP contribution in [-0.2, 0) is 16.6 Å². The maximum absolute atomic E-state index is 11.1. The van der Waals surface area contributed by atoms with Gasteiger partial charge in [-0.25, -0.2) is 6.49 Å². The predicted octanol–water partition coefficient (Wildman–Crippen LogP) is -7.11. The molecular weight excluding hydrogens is 243 g/mol. The van der Waals surface area contributed by atoms with Gasteiger partial charge in [0.25, 0.3) is 0 Å². The van der Waals surface area contributed by atoms with Gasteiger partial charge < -0.3 is 14.7 Å². The molecule has 0 unspecified atom stereocenters. The van der Waals surface area contributed by atoms with Crippen molar-refractivity contribution in [3.05, 3.63) is 0 Å². The molecule has 8 heteroatoms. The van der Waals surface area contributed by atoms with Crippen LogP contribution < -0.4 is 68.9 Å². The molecule has 0 atom stereocenters. The third-order valence-corrected chi connectivity index (χ3v) is 2.49. The molecule has 0 aliphatic heterocycles. The summed E-state index contributed by atoms with van der Waals surface area (Å²) in [7, 11) is 0. The molecule has 4 nitrogen and oxygen atoms in total. The van der Waals surface area contributed by atoms with Crippen molar-refractivity contribution in [2.24, 2.45) is 0 Å². The number of carbonyl (C=O) groups excluding carboxylic acids is 1. The van der Waals surface area contributed by atoms with Crippen molar-refractivity contribution in [1.29, 1.82) is 0 Å². The van der Waals surface area contributed by atoms with Crippen LogP contribution >= 0.6 is 6.49 Å². The van der Waals surface area contributed by atoms with E-state index in [1.165, 1.54) is 4.90 Å². The number of hydrogen-bond donors (Lipinski definition) is 0. The summed E-state index contributed by atoms with van der Waals surface area (Å²) in [6.45, 7) is 0.761. The molecule has 0 heterocycles. The summed E-state index contributed by atoms with van der Waals surface area (Å²) in [5, 5.41) is 0. The van der Waals surface area contributed by atoms with Crippen molar-refractivity contribution in [3.63, 3.8) is 0 Å². The van der Waals surface area contributed by atoms with E-state index in [4.69, 9.17) is 0 Å². The summed E-state index contributed by atoms with van der Waals surface area (Å²) in [6.07, 6.45) is -0.538. The van der Waals surface area contributed by atoms with Gasteiger partial charge in [0, 0.05) is 19.3 Å². The first-order valence-electron chi connectivity index (χ1n) is 3.69. The summed E-state index contributed by atoms with van der Waals surface area (Å²) in [5.74, 6) is -0.409. The molecule has 0 bridgehead atoms. The van der Waals surface area contributed by atoms with E-state index in [9.17, 15) is 14.6 Å². The van der Waals surface area contributed by atoms with Gasteiger partial charge in [-0.3, -0.25) is 4.79 Å². The molecule has 0 aromatic rings. The predicted molar refractivity (Wildman–Crippen MR) is 47.1 cm³/mol. The Labute approximate surface area is 134 Å². The molecule has 0 radical (unpaired) electrons. The van der Waals surface area contributed by atoms with Gasteiger partial charge >= 0.3 is 59.1 Å². The molecule has 0 aliphatic carbocycles. The average Bonchev–Trinajstić information content (AvgIpc) is 1.85. The van der Waals surface area contributed by atoms with Gasteiger partial charge in [-0.05, 0) is 13.8 Å². The van der Waals surface area contributed by atoms with Crippen molar-refractivity contribution in [2.75, 3.05) is 19.3 Å². The molecule has 0 aromatic heterocycles. The van der Waals surface area contributed by atoms with E-state index in [1.54, 1.807) is 13.8 Å². The minimum absolute atomic E-state index is 0. The SMILES string of the molecule is CCN(CC)C(=O)CP([O-])([O-])=S.[Na+].[Na+]. The number of carbonyl (C=O) groups is 1. The van der Waals surface area contributed by atoms with Gasteiger partial charge in [0.05, 0.1) is 0 Å². The van der Waals surface area contributed by atoms with Crippen molar-refractivity contribution < 1.29 is 73.7 Å². The summed E-state index contributed by atoms with van der Waals surface area (Å²) >= 11 is 4.13. The number of nitrogens with zero attached hydrogens (tertiary/aromatic N) is 1. The molecule has 0 saturated heterocycles. The zero-order chi connectivity index (χ0) is 9.78. The van der Waals surface area contributed by atoms with Crippen molar-refractivity contribution >= 4 is 24.2 Å². The summed E-state index contributed by atoms with van der Waals surface area (Å²) in [4.78, 5) is 33.7. The number of amides is 1. The zero-order valence-corrected chi connectivity index (χ0v) is 14.9. The first-order valence-corrected chi connectivity index (χ1v) is 6.52. The second-order valence-electron chi connectivity index (χ2n) is 2.34.